The Balaban J connectivity index is 1.65. The standard InChI is InChI=1S/C17H16N4O4/c1-10(17(22)20-12-3-6-14(7-4-12)21(23)24)18-13-5-8-16-15(9-13)19-11(2)25-16/h3-10,18H,1-2H3,(H,20,22). The smallest absolute Gasteiger partial charge is 0.269 e. The van der Waals surface area contributed by atoms with E-state index in [-0.39, 0.29) is 11.6 Å². The summed E-state index contributed by atoms with van der Waals surface area (Å²) in [5.74, 6) is 0.321. The molecule has 0 fully saturated rings. The number of carbonyl (C=O) groups excluding carboxylic acids is 1. The first kappa shape index (κ1) is 16.4. The number of fused-ring (bicyclic) bond motifs is 1. The summed E-state index contributed by atoms with van der Waals surface area (Å²) >= 11 is 0. The molecule has 0 spiro atoms. The Morgan fingerprint density at radius 3 is 2.56 bits per heavy atom. The maximum atomic E-state index is 12.3. The summed E-state index contributed by atoms with van der Waals surface area (Å²) in [6.45, 7) is 3.49. The van der Waals surface area contributed by atoms with Gasteiger partial charge in [-0.15, -0.1) is 0 Å². The second kappa shape index (κ2) is 6.60. The van der Waals surface area contributed by atoms with Crippen LogP contribution < -0.4 is 10.6 Å². The fourth-order valence-corrected chi connectivity index (χ4v) is 2.36. The van der Waals surface area contributed by atoms with Crippen molar-refractivity contribution in [1.82, 2.24) is 4.98 Å². The van der Waals surface area contributed by atoms with Gasteiger partial charge in [-0.25, -0.2) is 4.98 Å². The van der Waals surface area contributed by atoms with Gasteiger partial charge in [0.15, 0.2) is 11.5 Å². The maximum absolute atomic E-state index is 12.3. The summed E-state index contributed by atoms with van der Waals surface area (Å²) in [4.78, 5) is 26.7. The fraction of sp³-hybridized carbons (Fsp3) is 0.176. The number of non-ortho nitro benzene ring substituents is 1. The van der Waals surface area contributed by atoms with Gasteiger partial charge in [0.2, 0.25) is 5.91 Å². The molecule has 3 rings (SSSR count). The lowest BCUT2D eigenvalue weighted by Crippen LogP contribution is -2.31. The van der Waals surface area contributed by atoms with Gasteiger partial charge >= 0.3 is 0 Å². The molecule has 2 aromatic carbocycles. The lowest BCUT2D eigenvalue weighted by molar-refractivity contribution is -0.384. The normalized spacial score (nSPS) is 11.9. The van der Waals surface area contributed by atoms with Crippen molar-refractivity contribution in [3.8, 4) is 0 Å². The summed E-state index contributed by atoms with van der Waals surface area (Å²) in [6, 6.07) is 10.6. The number of carbonyl (C=O) groups is 1. The van der Waals surface area contributed by atoms with E-state index in [0.29, 0.717) is 22.7 Å². The molecule has 0 aliphatic carbocycles. The van der Waals surface area contributed by atoms with Gasteiger partial charge in [-0.2, -0.15) is 0 Å². The highest BCUT2D eigenvalue weighted by molar-refractivity contribution is 5.96. The number of anilines is 2. The van der Waals surface area contributed by atoms with Crippen LogP contribution in [0, 0.1) is 17.0 Å². The molecular weight excluding hydrogens is 324 g/mol. The number of nitro groups is 1. The molecule has 1 atom stereocenters. The second-order valence-corrected chi connectivity index (χ2v) is 5.57. The van der Waals surface area contributed by atoms with E-state index in [2.05, 4.69) is 15.6 Å². The van der Waals surface area contributed by atoms with Gasteiger partial charge in [0, 0.05) is 30.4 Å². The molecule has 0 saturated heterocycles. The summed E-state index contributed by atoms with van der Waals surface area (Å²) in [7, 11) is 0. The van der Waals surface area contributed by atoms with Gasteiger partial charge in [-0.05, 0) is 37.3 Å². The van der Waals surface area contributed by atoms with E-state index in [1.165, 1.54) is 24.3 Å². The van der Waals surface area contributed by atoms with Crippen LogP contribution in [0.15, 0.2) is 46.9 Å². The molecule has 1 aromatic heterocycles. The molecule has 25 heavy (non-hydrogen) atoms. The summed E-state index contributed by atoms with van der Waals surface area (Å²) < 4.78 is 5.41. The molecule has 0 aliphatic heterocycles. The van der Waals surface area contributed by atoms with Crippen LogP contribution in [0.1, 0.15) is 12.8 Å². The van der Waals surface area contributed by atoms with Crippen LogP contribution in [0.25, 0.3) is 11.1 Å². The third-order valence-corrected chi connectivity index (χ3v) is 3.62. The van der Waals surface area contributed by atoms with Crippen LogP contribution in [0.2, 0.25) is 0 Å². The maximum Gasteiger partial charge on any atom is 0.269 e. The highest BCUT2D eigenvalue weighted by Crippen LogP contribution is 2.21. The zero-order chi connectivity index (χ0) is 18.0. The first-order valence-electron chi connectivity index (χ1n) is 7.61. The number of nitrogens with zero attached hydrogens (tertiary/aromatic N) is 2. The molecule has 8 nitrogen and oxygen atoms in total. The van der Waals surface area contributed by atoms with Gasteiger partial charge < -0.3 is 15.1 Å². The highest BCUT2D eigenvalue weighted by atomic mass is 16.6. The molecule has 8 heteroatoms. The molecule has 0 saturated carbocycles. The van der Waals surface area contributed by atoms with Crippen molar-refractivity contribution in [3.05, 3.63) is 58.5 Å². The first-order valence-corrected chi connectivity index (χ1v) is 7.61. The predicted octanol–water partition coefficient (Wildman–Crippen LogP) is 3.48. The average Bonchev–Trinajstić information content (AvgIpc) is 2.94. The SMILES string of the molecule is Cc1nc2cc(NC(C)C(=O)Nc3ccc([N+](=O)[O-])cc3)ccc2o1. The zero-order valence-corrected chi connectivity index (χ0v) is 13.6. The van der Waals surface area contributed by atoms with Crippen LogP contribution in [-0.4, -0.2) is 21.9 Å². The van der Waals surface area contributed by atoms with E-state index < -0.39 is 11.0 Å². The molecule has 1 amide bonds. The van der Waals surface area contributed by atoms with E-state index >= 15 is 0 Å². The Labute approximate surface area is 143 Å². The Kier molecular flexibility index (Phi) is 4.34. The van der Waals surface area contributed by atoms with E-state index in [9.17, 15) is 14.9 Å². The monoisotopic (exact) mass is 340 g/mol. The van der Waals surface area contributed by atoms with E-state index in [1.807, 2.05) is 12.1 Å². The quantitative estimate of drug-likeness (QED) is 0.543. The van der Waals surface area contributed by atoms with Crippen molar-refractivity contribution < 1.29 is 14.1 Å². The number of hydrogen-bond acceptors (Lipinski definition) is 6. The van der Waals surface area contributed by atoms with Crippen molar-refractivity contribution in [2.45, 2.75) is 19.9 Å². The Bertz CT molecular complexity index is 933. The van der Waals surface area contributed by atoms with Crippen LogP contribution in [0.5, 0.6) is 0 Å². The predicted molar refractivity (Wildman–Crippen MR) is 93.6 cm³/mol. The minimum Gasteiger partial charge on any atom is -0.441 e. The Hall–Kier alpha value is -3.42. The zero-order valence-electron chi connectivity index (χ0n) is 13.6. The van der Waals surface area contributed by atoms with Gasteiger partial charge in [-0.3, -0.25) is 14.9 Å². The van der Waals surface area contributed by atoms with Crippen molar-refractivity contribution in [2.24, 2.45) is 0 Å². The molecule has 3 aromatic rings. The van der Waals surface area contributed by atoms with Crippen LogP contribution >= 0.6 is 0 Å². The Morgan fingerprint density at radius 2 is 1.88 bits per heavy atom. The van der Waals surface area contributed by atoms with E-state index in [1.54, 1.807) is 19.9 Å². The molecule has 1 unspecified atom stereocenters. The van der Waals surface area contributed by atoms with Crippen molar-refractivity contribution >= 4 is 34.1 Å². The second-order valence-electron chi connectivity index (χ2n) is 5.57. The molecular formula is C17H16N4O4. The highest BCUT2D eigenvalue weighted by Gasteiger charge is 2.14. The lowest BCUT2D eigenvalue weighted by atomic mass is 10.2. The summed E-state index contributed by atoms with van der Waals surface area (Å²) in [5.41, 5.74) is 2.61. The molecule has 0 bridgehead atoms. The van der Waals surface area contributed by atoms with Gasteiger partial charge in [0.05, 0.1) is 4.92 Å². The molecule has 128 valence electrons. The molecule has 2 N–H and O–H groups in total. The van der Waals surface area contributed by atoms with Crippen LogP contribution in [0.4, 0.5) is 17.1 Å². The molecule has 0 radical (unpaired) electrons. The van der Waals surface area contributed by atoms with Crippen LogP contribution in [-0.2, 0) is 4.79 Å². The Morgan fingerprint density at radius 1 is 1.20 bits per heavy atom. The van der Waals surface area contributed by atoms with Crippen molar-refractivity contribution in [1.29, 1.82) is 0 Å². The topological polar surface area (TPSA) is 110 Å². The average molecular weight is 340 g/mol. The number of amides is 1. The minimum absolute atomic E-state index is 0.0274. The molecule has 1 heterocycles. The van der Waals surface area contributed by atoms with Crippen LogP contribution in [0.3, 0.4) is 0 Å². The fourth-order valence-electron chi connectivity index (χ4n) is 2.36. The third-order valence-electron chi connectivity index (χ3n) is 3.62. The van der Waals surface area contributed by atoms with Crippen molar-refractivity contribution in [3.63, 3.8) is 0 Å². The number of oxazole rings is 1. The number of rotatable bonds is 5. The number of nitrogens with one attached hydrogen (secondary N) is 2. The van der Waals surface area contributed by atoms with E-state index in [4.69, 9.17) is 4.42 Å². The number of hydrogen-bond donors (Lipinski definition) is 2. The number of aryl methyl sites for hydroxylation is 1. The largest absolute Gasteiger partial charge is 0.441 e. The van der Waals surface area contributed by atoms with Crippen molar-refractivity contribution in [2.75, 3.05) is 10.6 Å². The lowest BCUT2D eigenvalue weighted by Gasteiger charge is -2.15. The number of benzene rings is 2. The molecule has 0 aliphatic rings. The number of aromatic nitrogens is 1. The summed E-state index contributed by atoms with van der Waals surface area (Å²) in [6.07, 6.45) is 0. The first-order chi connectivity index (χ1) is 11.9. The minimum atomic E-state index is -0.513. The summed E-state index contributed by atoms with van der Waals surface area (Å²) in [5, 5.41) is 16.4. The van der Waals surface area contributed by atoms with E-state index in [0.717, 1.165) is 5.69 Å². The van der Waals surface area contributed by atoms with Gasteiger partial charge in [-0.1, -0.05) is 0 Å². The number of nitro benzene ring substituents is 1. The van der Waals surface area contributed by atoms with Gasteiger partial charge in [0.1, 0.15) is 11.6 Å². The third kappa shape index (κ3) is 3.74. The van der Waals surface area contributed by atoms with Gasteiger partial charge in [0.25, 0.3) is 5.69 Å².